The van der Waals surface area contributed by atoms with Crippen LogP contribution < -0.4 is 42.5 Å². The number of ether oxygens (including phenoxy) is 1. The minimum Gasteiger partial charge on any atom is -0.444 e. The Labute approximate surface area is 397 Å². The molecule has 69 heavy (non-hydrogen) atoms. The summed E-state index contributed by atoms with van der Waals surface area (Å²) in [6.07, 6.45) is 9.26. The van der Waals surface area contributed by atoms with Gasteiger partial charge in [-0.15, -0.1) is 0 Å². The Kier molecular flexibility index (Phi) is 14.7. The lowest BCUT2D eigenvalue weighted by molar-refractivity contribution is 0.0634. The van der Waals surface area contributed by atoms with Crippen LogP contribution in [0.2, 0.25) is 0 Å². The average molecular weight is 947 g/mol. The van der Waals surface area contributed by atoms with Crippen molar-refractivity contribution in [3.05, 3.63) is 108 Å². The van der Waals surface area contributed by atoms with Gasteiger partial charge >= 0.3 is 6.09 Å². The Morgan fingerprint density at radius 1 is 0.420 bits per heavy atom. The number of hydrogen-bond donors (Lipinski definition) is 8. The van der Waals surface area contributed by atoms with Crippen LogP contribution in [0.25, 0.3) is 0 Å². The molecule has 0 atom stereocenters. The number of aryl methyl sites for hydroxylation is 6. The van der Waals surface area contributed by atoms with E-state index >= 15 is 0 Å². The highest BCUT2D eigenvalue weighted by Gasteiger charge is 2.22. The Morgan fingerprint density at radius 2 is 0.667 bits per heavy atom. The van der Waals surface area contributed by atoms with Gasteiger partial charge in [0.2, 0.25) is 7.85 Å². The van der Waals surface area contributed by atoms with E-state index in [0.29, 0.717) is 46.2 Å². The van der Waals surface area contributed by atoms with Gasteiger partial charge in [-0.05, 0) is 63.6 Å². The van der Waals surface area contributed by atoms with Crippen molar-refractivity contribution in [2.75, 3.05) is 45.0 Å². The molecule has 0 aliphatic rings. The maximum atomic E-state index is 13.3. The molecule has 0 bridgehead atoms. The molecule has 0 radical (unpaired) electrons. The first-order chi connectivity index (χ1) is 32.4. The molecule has 23 nitrogen and oxygen atoms in total. The Balaban J connectivity index is 0.938. The van der Waals surface area contributed by atoms with Crippen molar-refractivity contribution in [2.24, 2.45) is 42.3 Å². The summed E-state index contributed by atoms with van der Waals surface area (Å²) in [5.41, 5.74) is 3.17. The van der Waals surface area contributed by atoms with E-state index in [0.717, 1.165) is 0 Å². The number of nitrogens with zero attached hydrogens (tertiary/aromatic N) is 6. The van der Waals surface area contributed by atoms with Crippen LogP contribution in [-0.2, 0) is 47.0 Å². The molecule has 0 aliphatic heterocycles. The summed E-state index contributed by atoms with van der Waals surface area (Å²) < 4.78 is 14.6. The Hall–Kier alpha value is -8.70. The third-order valence-electron chi connectivity index (χ3n) is 10.3. The molecule has 6 heterocycles. The van der Waals surface area contributed by atoms with Crippen molar-refractivity contribution in [3.8, 4) is 0 Å². The molecule has 0 saturated heterocycles. The first kappa shape index (κ1) is 49.7. The smallest absolute Gasteiger partial charge is 0.412 e. The van der Waals surface area contributed by atoms with Gasteiger partial charge in [-0.1, -0.05) is 0 Å². The van der Waals surface area contributed by atoms with Crippen molar-refractivity contribution >= 4 is 89.3 Å². The van der Waals surface area contributed by atoms with Crippen LogP contribution in [0.3, 0.4) is 0 Å². The Bertz CT molecular complexity index is 2990. The van der Waals surface area contributed by atoms with E-state index in [4.69, 9.17) is 4.74 Å². The lowest BCUT2D eigenvalue weighted by Gasteiger charge is -2.19. The lowest BCUT2D eigenvalue weighted by Crippen LogP contribution is -2.31. The quantitative estimate of drug-likeness (QED) is 0.0517. The first-order valence-electron chi connectivity index (χ1n) is 21.5. The predicted molar refractivity (Wildman–Crippen MR) is 261 cm³/mol. The molecule has 24 heteroatoms. The zero-order chi connectivity index (χ0) is 50.5. The van der Waals surface area contributed by atoms with Crippen molar-refractivity contribution in [1.29, 1.82) is 0 Å². The van der Waals surface area contributed by atoms with Crippen molar-refractivity contribution in [2.45, 2.75) is 32.8 Å². The highest BCUT2D eigenvalue weighted by atomic mass is 16.6. The standard InChI is InChI=1S/C45H55BN14O9/c1-45(2,3)69-44(68)54-30-18-36(60(9)24-30)42(66)52-28-16-34(58(7)22-28)40(64)50-26-14-32(56(5)20-26)38(62)48-12-10-11-47-37(61)31-13-25(19-55(31)4)49-39(63)33-15-27(21-57(33)6)51-41(65)35-17-29(23-59(35)8)53-43(46)67/h13-24H,10-12,46H2,1-9H3,(H,47,61)(H,48,62)(H,49,63)(H,50,64)(H,51,65)(H,52,66)(H,53,67)(H,54,68). The predicted octanol–water partition coefficient (Wildman–Crippen LogP) is 3.79. The van der Waals surface area contributed by atoms with Gasteiger partial charge in [-0.2, -0.15) is 0 Å². The van der Waals surface area contributed by atoms with Gasteiger partial charge in [0.05, 0.1) is 34.1 Å². The third-order valence-corrected chi connectivity index (χ3v) is 10.3. The molecule has 6 aromatic heterocycles. The van der Waals surface area contributed by atoms with E-state index in [1.165, 1.54) is 44.2 Å². The van der Waals surface area contributed by atoms with Crippen LogP contribution in [0.1, 0.15) is 90.1 Å². The molecule has 6 aromatic rings. The number of carbonyl (C=O) groups is 8. The van der Waals surface area contributed by atoms with Gasteiger partial charge in [0.15, 0.2) is 5.81 Å². The molecule has 0 unspecified atom stereocenters. The van der Waals surface area contributed by atoms with Gasteiger partial charge in [-0.25, -0.2) is 4.79 Å². The summed E-state index contributed by atoms with van der Waals surface area (Å²) >= 11 is 0. The number of aromatic nitrogens is 6. The van der Waals surface area contributed by atoms with Gasteiger partial charge in [-0.3, -0.25) is 38.9 Å². The largest absolute Gasteiger partial charge is 0.444 e. The summed E-state index contributed by atoms with van der Waals surface area (Å²) in [6, 6.07) is 9.12. The SMILES string of the molecule is BC(=O)Nc1cc(C(=O)Nc2cc(C(=O)Nc3cc(C(=O)NCCCNC(=O)c4cc(NC(=O)c5cc(NC(=O)c6cc(NC(=O)OC(C)(C)C)cn6C)cn5C)cn4C)n(C)c3)n(C)c2)n(C)c1. The lowest BCUT2D eigenvalue weighted by atomic mass is 10.1. The second-order valence-corrected chi connectivity index (χ2v) is 17.3. The van der Waals surface area contributed by atoms with Crippen LogP contribution in [-0.4, -0.2) is 101 Å². The maximum Gasteiger partial charge on any atom is 0.412 e. The molecule has 0 aliphatic carbocycles. The monoisotopic (exact) mass is 946 g/mol. The molecule has 0 aromatic carbocycles. The zero-order valence-electron chi connectivity index (χ0n) is 39.9. The fourth-order valence-corrected chi connectivity index (χ4v) is 7.23. The molecule has 6 rings (SSSR count). The van der Waals surface area contributed by atoms with Gasteiger partial charge < -0.3 is 69.4 Å². The number of carbonyl (C=O) groups excluding carboxylic acids is 8. The van der Waals surface area contributed by atoms with E-state index in [2.05, 4.69) is 42.5 Å². The first-order valence-corrected chi connectivity index (χ1v) is 21.5. The molecular formula is C45H55BN14O9. The minimum atomic E-state index is -0.694. The van der Waals surface area contributed by atoms with E-state index in [1.807, 2.05) is 0 Å². The van der Waals surface area contributed by atoms with E-state index in [-0.39, 0.29) is 47.4 Å². The molecular weight excluding hydrogens is 891 g/mol. The summed E-state index contributed by atoms with van der Waals surface area (Å²) in [5, 5.41) is 22.0. The van der Waals surface area contributed by atoms with E-state index in [9.17, 15) is 38.4 Å². The maximum absolute atomic E-state index is 13.3. The zero-order valence-corrected chi connectivity index (χ0v) is 39.9. The molecule has 362 valence electrons. The van der Waals surface area contributed by atoms with Crippen molar-refractivity contribution in [1.82, 2.24) is 38.0 Å². The van der Waals surface area contributed by atoms with Crippen LogP contribution in [0.15, 0.2) is 73.6 Å². The van der Waals surface area contributed by atoms with Gasteiger partial charge in [0.1, 0.15) is 39.8 Å². The van der Waals surface area contributed by atoms with E-state index < -0.39 is 47.1 Å². The molecule has 8 amide bonds. The third kappa shape index (κ3) is 12.6. The molecule has 0 spiro atoms. The number of nitrogens with one attached hydrogen (secondary N) is 8. The molecule has 0 fully saturated rings. The average Bonchev–Trinajstić information content (AvgIpc) is 4.10. The summed E-state index contributed by atoms with van der Waals surface area (Å²) in [6.45, 7) is 5.68. The van der Waals surface area contributed by atoms with Crippen LogP contribution in [0.5, 0.6) is 0 Å². The molecule has 0 saturated carbocycles. The Morgan fingerprint density at radius 3 is 0.928 bits per heavy atom. The molecule has 8 N–H and O–H groups in total. The minimum absolute atomic E-state index is 0.227. The number of amides is 8. The van der Waals surface area contributed by atoms with Crippen LogP contribution in [0.4, 0.5) is 43.7 Å². The number of rotatable bonds is 16. The highest BCUT2D eigenvalue weighted by molar-refractivity contribution is 6.60. The summed E-state index contributed by atoms with van der Waals surface area (Å²) in [4.78, 5) is 102. The fourth-order valence-electron chi connectivity index (χ4n) is 7.23. The fraction of sp³-hybridized carbons (Fsp3) is 0.289. The second-order valence-electron chi connectivity index (χ2n) is 17.3. The number of anilines is 6. The summed E-state index contributed by atoms with van der Waals surface area (Å²) in [7, 11) is 11.3. The summed E-state index contributed by atoms with van der Waals surface area (Å²) in [5.74, 6) is -2.94. The topological polar surface area (TPSA) is 272 Å². The van der Waals surface area contributed by atoms with Gasteiger partial charge in [0.25, 0.3) is 35.4 Å². The normalized spacial score (nSPS) is 11.1. The van der Waals surface area contributed by atoms with Crippen LogP contribution >= 0.6 is 0 Å². The van der Waals surface area contributed by atoms with Crippen molar-refractivity contribution < 1.29 is 43.1 Å². The second kappa shape index (κ2) is 20.4. The number of hydrogen-bond acceptors (Lipinski definition) is 9. The van der Waals surface area contributed by atoms with E-state index in [1.54, 1.807) is 128 Å². The van der Waals surface area contributed by atoms with Gasteiger partial charge in [0, 0.05) is 92.6 Å². The van der Waals surface area contributed by atoms with Crippen molar-refractivity contribution in [3.63, 3.8) is 0 Å². The van der Waals surface area contributed by atoms with Crippen LogP contribution in [0, 0.1) is 0 Å². The highest BCUT2D eigenvalue weighted by Crippen LogP contribution is 2.22.